The number of alkyl carbamates (subject to hydrolysis) is 2. The second-order valence-corrected chi connectivity index (χ2v) is 37.5. The average molecular weight is 1680 g/mol. The SMILES string of the molecule is C=C[C@@H]1O[C@@H]2C3=C(C)[C@@H](OC(=O)[C@H](O)[C@@H](NC(=O)OC(C)(C)C)C(F)F)C[C@@](O)([C@@H](OC(=O)c4ccccc4)[C@H]4[C@@](C)(CC[C@H]5OC[C@]54OC(C)=O)[C@@H]2O1)C3(C)C.CC(=O)O[C@@]12CO[C@@H]1CC[C@@]1(C)[C@@H]3O[C@H](CN4CC(C)(O)C4)O[C@@H]3C3=C(C)[C@@H](OC(=O)[C@H](O)[C@@H](NC(=O)OC(C)(C)C)C(F)F)C[C@@](O)([C@@H](OC(=O)c4ccccc4)[C@@H]12)C3(C)C. The number of fused-ring (bicyclic) bond motifs is 16. The first-order valence-corrected chi connectivity index (χ1v) is 40.3. The minimum Gasteiger partial charge on any atom is -0.456 e. The van der Waals surface area contributed by atoms with Crippen LogP contribution in [0.5, 0.6) is 0 Å². The predicted octanol–water partition coefficient (Wildman–Crippen LogP) is 7.98. The molecule has 2 aromatic rings. The van der Waals surface area contributed by atoms with Crippen LogP contribution in [0.1, 0.15) is 177 Å². The van der Waals surface area contributed by atoms with Gasteiger partial charge in [0.25, 0.3) is 12.9 Å². The van der Waals surface area contributed by atoms with E-state index in [0.29, 0.717) is 61.1 Å². The Labute approximate surface area is 687 Å². The topological polar surface area (TPSA) is 394 Å². The van der Waals surface area contributed by atoms with Crippen LogP contribution >= 0.6 is 0 Å². The molecule has 6 aliphatic carbocycles. The Balaban J connectivity index is 0.000000219. The molecular formula is C85H113F4N3O27. The van der Waals surface area contributed by atoms with Crippen molar-refractivity contribution in [1.29, 1.82) is 0 Å². The summed E-state index contributed by atoms with van der Waals surface area (Å²) in [6, 6.07) is 11.3. The van der Waals surface area contributed by atoms with Crippen molar-refractivity contribution in [3.63, 3.8) is 0 Å². The third-order valence-electron chi connectivity index (χ3n) is 26.4. The van der Waals surface area contributed by atoms with Crippen LogP contribution in [-0.4, -0.2) is 261 Å². The van der Waals surface area contributed by atoms with Gasteiger partial charge in [0.05, 0.1) is 54.0 Å². The van der Waals surface area contributed by atoms with Gasteiger partial charge in [-0.1, -0.05) is 84.5 Å². The Kier molecular flexibility index (Phi) is 24.7. The van der Waals surface area contributed by atoms with Crippen molar-refractivity contribution in [3.8, 4) is 0 Å². The molecule has 0 aromatic heterocycles. The maximum atomic E-state index is 14.4. The maximum absolute atomic E-state index is 14.4. The van der Waals surface area contributed by atoms with Crippen LogP contribution < -0.4 is 10.6 Å². The number of hydrogen-bond donors (Lipinski definition) is 7. The number of carbonyl (C=O) groups is 8. The molecule has 24 atom stereocenters. The lowest BCUT2D eigenvalue weighted by Gasteiger charge is -2.68. The number of hydrogen-bond acceptors (Lipinski definition) is 28. The summed E-state index contributed by atoms with van der Waals surface area (Å²) >= 11 is 0. The molecule has 2 aromatic carbocycles. The standard InChI is InChI=1S/C44H60F2N2O14.C41H53F2NO13/c1-22-25(57-37(52)30(50)29(35(45)46)47-38(53)62-39(3,4)5)17-44(55)34(60-36(51)24-13-11-10-12-14-24)32-42(9,16-15-26-43(32,21-56-26)61-23(2)49)33-31(28(22)40(44,6)7)58-27(59-33)18-48-19-41(8,54)20-48;1-10-25-53-29-26-20(2)23(52-35(48)28(46)27(33(42)43)44-36(49)57-37(4,5)6)18-41(50,38(26,7)8)32(55-34(47)22-14-12-11-13-15-22)30-39(9,31(29)54-25)17-16-24-40(30,19-51-24)56-21(3)45/h10-14,25-27,29-35,50,54-55H,15-21H2,1-9H3,(H,47,53);10-15,23-25,27-33,46,50H,1,16-19H2,2-9H3,(H,44,49)/t25-,26+,27+,29+,30+,31+,32-,33+,34-,42+,43-,44+;23-,24+,25+,27+,28+,29+,30-,31+,32-,39+,40-,41+/m00/s1. The average Bonchev–Trinajstić information content (AvgIpc) is 1.63. The molecule has 11 aliphatic rings. The van der Waals surface area contributed by atoms with Gasteiger partial charge in [-0.2, -0.15) is 0 Å². The molecule has 0 unspecified atom stereocenters. The lowest BCUT2D eigenvalue weighted by Crippen LogP contribution is -2.79. The molecule has 5 aliphatic heterocycles. The number of aliphatic hydroxyl groups is 5. The van der Waals surface area contributed by atoms with Crippen molar-refractivity contribution in [3.05, 3.63) is 107 Å². The first kappa shape index (κ1) is 90.5. The van der Waals surface area contributed by atoms with Crippen LogP contribution in [0.15, 0.2) is 95.6 Å². The number of amides is 2. The predicted molar refractivity (Wildman–Crippen MR) is 408 cm³/mol. The number of β-amino-alcohol motifs (C(OH)–C–C–N with tert-alkyl or cyclic N) is 1. The largest absolute Gasteiger partial charge is 0.456 e. The number of nitrogens with one attached hydrogen (secondary N) is 2. The number of nitrogens with zero attached hydrogens (tertiary/aromatic N) is 1. The van der Waals surface area contributed by atoms with Gasteiger partial charge in [-0.15, -0.1) is 0 Å². The normalized spacial score (nSPS) is 36.6. The summed E-state index contributed by atoms with van der Waals surface area (Å²) in [5.74, 6) is -8.03. The lowest BCUT2D eigenvalue weighted by atomic mass is 9.45. The first-order chi connectivity index (χ1) is 55.2. The van der Waals surface area contributed by atoms with Crippen molar-refractivity contribution >= 4 is 48.0 Å². The highest BCUT2D eigenvalue weighted by atomic mass is 19.3. The van der Waals surface area contributed by atoms with E-state index in [1.54, 1.807) is 109 Å². The Morgan fingerprint density at radius 1 is 0.571 bits per heavy atom. The number of alkyl halides is 4. The lowest BCUT2D eigenvalue weighted by molar-refractivity contribution is -0.345. The van der Waals surface area contributed by atoms with E-state index < -0.39 is 244 Å². The van der Waals surface area contributed by atoms with Gasteiger partial charge >= 0.3 is 48.0 Å². The van der Waals surface area contributed by atoms with Crippen molar-refractivity contribution in [2.75, 3.05) is 32.8 Å². The highest BCUT2D eigenvalue weighted by molar-refractivity contribution is 5.90. The van der Waals surface area contributed by atoms with E-state index >= 15 is 0 Å². The van der Waals surface area contributed by atoms with Crippen LogP contribution in [0.2, 0.25) is 0 Å². The Bertz CT molecular complexity index is 4280. The first-order valence-electron chi connectivity index (χ1n) is 40.3. The monoisotopic (exact) mass is 1680 g/mol. The Hall–Kier alpha value is -7.74. The summed E-state index contributed by atoms with van der Waals surface area (Å²) < 4.78 is 144. The summed E-state index contributed by atoms with van der Waals surface area (Å²) in [5.41, 5.74) is -13.4. The van der Waals surface area contributed by atoms with Crippen LogP contribution in [0.25, 0.3) is 0 Å². The van der Waals surface area contributed by atoms with Crippen LogP contribution in [-0.2, 0) is 85.5 Å². The molecule has 30 nitrogen and oxygen atoms in total. The number of esters is 6. The highest BCUT2D eigenvalue weighted by Crippen LogP contribution is 2.69. The summed E-state index contributed by atoms with van der Waals surface area (Å²) in [4.78, 5) is 109. The summed E-state index contributed by atoms with van der Waals surface area (Å²) in [6.07, 6.45) is -25.3. The van der Waals surface area contributed by atoms with Gasteiger partial charge in [0, 0.05) is 68.0 Å². The van der Waals surface area contributed by atoms with Gasteiger partial charge in [0.15, 0.2) is 36.0 Å². The minimum absolute atomic E-state index is 0.0947. The van der Waals surface area contributed by atoms with Gasteiger partial charge in [-0.3, -0.25) is 14.5 Å². The highest BCUT2D eigenvalue weighted by Gasteiger charge is 2.80. The third kappa shape index (κ3) is 16.5. The van der Waals surface area contributed by atoms with Crippen LogP contribution in [0.4, 0.5) is 27.2 Å². The molecule has 119 heavy (non-hydrogen) atoms. The van der Waals surface area contributed by atoms with Crippen LogP contribution in [0, 0.1) is 33.5 Å². The van der Waals surface area contributed by atoms with E-state index in [-0.39, 0.29) is 30.9 Å². The molecule has 0 radical (unpaired) electrons. The number of halogens is 4. The van der Waals surface area contributed by atoms with Gasteiger partial charge in [-0.25, -0.2) is 46.3 Å². The fourth-order valence-corrected chi connectivity index (χ4v) is 20.9. The van der Waals surface area contributed by atoms with E-state index in [1.165, 1.54) is 61.5 Å². The molecule has 0 spiro atoms. The van der Waals surface area contributed by atoms with Crippen molar-refractivity contribution in [2.45, 2.75) is 306 Å². The Morgan fingerprint density at radius 3 is 1.29 bits per heavy atom. The smallest absolute Gasteiger partial charge is 0.408 e. The van der Waals surface area contributed by atoms with E-state index in [0.717, 1.165) is 0 Å². The molecular weight excluding hydrogens is 1570 g/mol. The Morgan fingerprint density at radius 2 is 0.950 bits per heavy atom. The molecule has 7 N–H and O–H groups in total. The molecule has 658 valence electrons. The third-order valence-corrected chi connectivity index (χ3v) is 26.4. The molecule has 4 bridgehead atoms. The number of rotatable bonds is 19. The van der Waals surface area contributed by atoms with Gasteiger partial charge in [0.2, 0.25) is 0 Å². The van der Waals surface area contributed by atoms with Crippen LogP contribution in [0.3, 0.4) is 0 Å². The quantitative estimate of drug-likeness (QED) is 0.0303. The van der Waals surface area contributed by atoms with Crippen molar-refractivity contribution in [2.24, 2.45) is 33.5 Å². The fourth-order valence-electron chi connectivity index (χ4n) is 20.9. The van der Waals surface area contributed by atoms with E-state index in [2.05, 4.69) is 6.58 Å². The second-order valence-electron chi connectivity index (χ2n) is 37.5. The molecule has 4 saturated carbocycles. The second kappa shape index (κ2) is 32.5. The zero-order chi connectivity index (χ0) is 87.6. The number of carbonyl (C=O) groups excluding carboxylic acids is 8. The number of benzene rings is 2. The van der Waals surface area contributed by atoms with E-state index in [9.17, 15) is 81.5 Å². The summed E-state index contributed by atoms with van der Waals surface area (Å²) in [5, 5.41) is 63.7. The zero-order valence-electron chi connectivity index (χ0n) is 70.1. The molecule has 2 amide bonds. The molecule has 5 saturated heterocycles. The maximum Gasteiger partial charge on any atom is 0.408 e. The molecule has 34 heteroatoms. The zero-order valence-corrected chi connectivity index (χ0v) is 70.1. The van der Waals surface area contributed by atoms with E-state index in [4.69, 9.17) is 66.3 Å². The minimum atomic E-state index is -3.44. The molecule has 13 rings (SSSR count). The molecule has 9 fully saturated rings. The molecule has 5 heterocycles. The number of ether oxygens (including phenoxy) is 14. The van der Waals surface area contributed by atoms with E-state index in [1.807, 2.05) is 29.4 Å². The van der Waals surface area contributed by atoms with Crippen molar-refractivity contribution < 1.29 is 148 Å². The van der Waals surface area contributed by atoms with Crippen molar-refractivity contribution in [1.82, 2.24) is 15.5 Å². The summed E-state index contributed by atoms with van der Waals surface area (Å²) in [6.45, 7) is 32.0. The number of likely N-dealkylation sites (tertiary alicyclic amines) is 1. The van der Waals surface area contributed by atoms with Gasteiger partial charge in [0.1, 0.15) is 83.3 Å². The number of aliphatic hydroxyl groups excluding tert-OH is 2. The van der Waals surface area contributed by atoms with Gasteiger partial charge in [-0.05, 0) is 141 Å². The van der Waals surface area contributed by atoms with Gasteiger partial charge < -0.3 is 102 Å². The summed E-state index contributed by atoms with van der Waals surface area (Å²) in [7, 11) is 0. The fraction of sp³-hybridized carbons (Fsp3) is 0.694.